The summed E-state index contributed by atoms with van der Waals surface area (Å²) in [7, 11) is 0. The first kappa shape index (κ1) is 11.6. The molecule has 0 unspecified atom stereocenters. The summed E-state index contributed by atoms with van der Waals surface area (Å²) in [5.74, 6) is -0.145. The van der Waals surface area contributed by atoms with Crippen molar-refractivity contribution in [1.29, 1.82) is 0 Å². The molecule has 1 aromatic carbocycles. The van der Waals surface area contributed by atoms with Gasteiger partial charge in [0.2, 0.25) is 5.75 Å². The molecule has 0 bridgehead atoms. The summed E-state index contributed by atoms with van der Waals surface area (Å²) in [5.41, 5.74) is -0.876. The largest absolute Gasteiger partial charge is 0.350 e. The maximum atomic E-state index is 10.6. The third-order valence-electron chi connectivity index (χ3n) is 1.61. The molecule has 0 aliphatic heterocycles. The Hall–Kier alpha value is -2.51. The third-order valence-corrected chi connectivity index (χ3v) is 1.61. The number of nitro benzene ring substituents is 2. The standard InChI is InChI=1S/C8H7N3O5/c1-2-9-16-8-4-3-6(10(12)13)5-7(8)11(14)15/h2-5H,1H3. The van der Waals surface area contributed by atoms with Crippen LogP contribution in [0.25, 0.3) is 0 Å². The first-order valence-electron chi connectivity index (χ1n) is 4.14. The van der Waals surface area contributed by atoms with Gasteiger partial charge in [-0.25, -0.2) is 0 Å². The predicted octanol–water partition coefficient (Wildman–Crippen LogP) is 1.89. The number of rotatable bonds is 4. The Kier molecular flexibility index (Phi) is 3.49. The zero-order valence-corrected chi connectivity index (χ0v) is 8.19. The van der Waals surface area contributed by atoms with E-state index in [1.54, 1.807) is 6.92 Å². The minimum Gasteiger partial charge on any atom is -0.350 e. The Morgan fingerprint density at radius 2 is 2.00 bits per heavy atom. The Balaban J connectivity index is 3.19. The van der Waals surface area contributed by atoms with Gasteiger partial charge in [0.25, 0.3) is 5.69 Å². The van der Waals surface area contributed by atoms with Crippen molar-refractivity contribution in [3.05, 3.63) is 38.4 Å². The minimum atomic E-state index is -0.770. The highest BCUT2D eigenvalue weighted by Gasteiger charge is 2.20. The summed E-state index contributed by atoms with van der Waals surface area (Å²) in [5, 5.41) is 24.4. The molecule has 0 atom stereocenters. The SMILES string of the molecule is CC=NOc1ccc([N+](=O)[O-])cc1[N+](=O)[O-]. The average Bonchev–Trinajstić information content (AvgIpc) is 2.25. The molecule has 0 aliphatic rings. The van der Waals surface area contributed by atoms with Crippen molar-refractivity contribution in [3.63, 3.8) is 0 Å². The van der Waals surface area contributed by atoms with E-state index in [9.17, 15) is 20.2 Å². The highest BCUT2D eigenvalue weighted by molar-refractivity contribution is 5.55. The smallest absolute Gasteiger partial charge is 0.321 e. The van der Waals surface area contributed by atoms with Gasteiger partial charge in [-0.1, -0.05) is 5.16 Å². The second kappa shape index (κ2) is 4.82. The lowest BCUT2D eigenvalue weighted by Crippen LogP contribution is -1.95. The van der Waals surface area contributed by atoms with Crippen LogP contribution in [0.15, 0.2) is 23.4 Å². The van der Waals surface area contributed by atoms with Crippen molar-refractivity contribution in [2.75, 3.05) is 0 Å². The summed E-state index contributed by atoms with van der Waals surface area (Å²) < 4.78 is 0. The Bertz CT molecular complexity index is 457. The van der Waals surface area contributed by atoms with Gasteiger partial charge in [0.15, 0.2) is 0 Å². The zero-order chi connectivity index (χ0) is 12.1. The summed E-state index contributed by atoms with van der Waals surface area (Å²) >= 11 is 0. The summed E-state index contributed by atoms with van der Waals surface area (Å²) in [6.45, 7) is 1.57. The molecule has 84 valence electrons. The molecule has 0 saturated carbocycles. The lowest BCUT2D eigenvalue weighted by Gasteiger charge is -1.99. The van der Waals surface area contributed by atoms with Crippen molar-refractivity contribution in [2.45, 2.75) is 6.92 Å². The van der Waals surface area contributed by atoms with Crippen LogP contribution >= 0.6 is 0 Å². The molecule has 8 nitrogen and oxygen atoms in total. The van der Waals surface area contributed by atoms with Crippen LogP contribution < -0.4 is 4.84 Å². The van der Waals surface area contributed by atoms with Crippen LogP contribution in [0, 0.1) is 20.2 Å². The minimum absolute atomic E-state index is 0.145. The number of nitrogens with zero attached hydrogens (tertiary/aromatic N) is 3. The molecule has 0 radical (unpaired) electrons. The maximum absolute atomic E-state index is 10.6. The predicted molar refractivity (Wildman–Crippen MR) is 54.5 cm³/mol. The van der Waals surface area contributed by atoms with Gasteiger partial charge in [0.1, 0.15) is 0 Å². The van der Waals surface area contributed by atoms with Crippen LogP contribution in [0.3, 0.4) is 0 Å². The van der Waals surface area contributed by atoms with Gasteiger partial charge in [-0.05, 0) is 13.0 Å². The maximum Gasteiger partial charge on any atom is 0.321 e. The number of nitro groups is 2. The second-order valence-corrected chi connectivity index (χ2v) is 2.62. The van der Waals surface area contributed by atoms with Crippen LogP contribution in [0.2, 0.25) is 0 Å². The molecule has 1 rings (SSSR count). The highest BCUT2D eigenvalue weighted by atomic mass is 16.7. The normalized spacial score (nSPS) is 10.3. The lowest BCUT2D eigenvalue weighted by molar-refractivity contribution is -0.394. The molecule has 8 heteroatoms. The molecule has 0 amide bonds. The molecule has 0 aliphatic carbocycles. The van der Waals surface area contributed by atoms with E-state index in [2.05, 4.69) is 9.99 Å². The number of hydrogen-bond donors (Lipinski definition) is 0. The number of non-ortho nitro benzene ring substituents is 1. The molecular weight excluding hydrogens is 218 g/mol. The fourth-order valence-electron chi connectivity index (χ4n) is 0.949. The lowest BCUT2D eigenvalue weighted by atomic mass is 10.2. The van der Waals surface area contributed by atoms with Crippen LogP contribution in [0.1, 0.15) is 6.92 Å². The van der Waals surface area contributed by atoms with Gasteiger partial charge in [-0.2, -0.15) is 0 Å². The van der Waals surface area contributed by atoms with Gasteiger partial charge < -0.3 is 4.84 Å². The Morgan fingerprint density at radius 1 is 1.31 bits per heavy atom. The van der Waals surface area contributed by atoms with Crippen LogP contribution in [0.4, 0.5) is 11.4 Å². The van der Waals surface area contributed by atoms with Gasteiger partial charge in [-0.15, -0.1) is 0 Å². The number of hydrogen-bond acceptors (Lipinski definition) is 6. The molecular formula is C8H7N3O5. The highest BCUT2D eigenvalue weighted by Crippen LogP contribution is 2.30. The van der Waals surface area contributed by atoms with Crippen molar-refractivity contribution >= 4 is 17.6 Å². The molecule has 1 aromatic rings. The van der Waals surface area contributed by atoms with Crippen LogP contribution in [-0.2, 0) is 0 Å². The molecule has 0 heterocycles. The molecule has 0 spiro atoms. The number of oxime groups is 1. The van der Waals surface area contributed by atoms with E-state index in [1.165, 1.54) is 6.21 Å². The van der Waals surface area contributed by atoms with Crippen molar-refractivity contribution < 1.29 is 14.7 Å². The van der Waals surface area contributed by atoms with Gasteiger partial charge in [-0.3, -0.25) is 20.2 Å². The third kappa shape index (κ3) is 2.50. The number of benzene rings is 1. The van der Waals surface area contributed by atoms with Crippen LogP contribution in [-0.4, -0.2) is 16.1 Å². The van der Waals surface area contributed by atoms with E-state index in [-0.39, 0.29) is 11.4 Å². The van der Waals surface area contributed by atoms with E-state index < -0.39 is 15.5 Å². The first-order chi connectivity index (χ1) is 7.56. The molecule has 16 heavy (non-hydrogen) atoms. The van der Waals surface area contributed by atoms with Gasteiger partial charge in [0.05, 0.1) is 15.9 Å². The monoisotopic (exact) mass is 225 g/mol. The van der Waals surface area contributed by atoms with E-state index in [1.807, 2.05) is 0 Å². The molecule has 0 N–H and O–H groups in total. The first-order valence-corrected chi connectivity index (χ1v) is 4.14. The van der Waals surface area contributed by atoms with Crippen molar-refractivity contribution in [1.82, 2.24) is 0 Å². The fraction of sp³-hybridized carbons (Fsp3) is 0.125. The topological polar surface area (TPSA) is 108 Å². The van der Waals surface area contributed by atoms with Crippen LogP contribution in [0.5, 0.6) is 5.75 Å². The average molecular weight is 225 g/mol. The van der Waals surface area contributed by atoms with E-state index in [4.69, 9.17) is 0 Å². The van der Waals surface area contributed by atoms with E-state index in [0.717, 1.165) is 18.2 Å². The Morgan fingerprint density at radius 3 is 2.50 bits per heavy atom. The van der Waals surface area contributed by atoms with E-state index in [0.29, 0.717) is 0 Å². The van der Waals surface area contributed by atoms with Crippen molar-refractivity contribution in [3.8, 4) is 5.75 Å². The summed E-state index contributed by atoms with van der Waals surface area (Å²) in [6, 6.07) is 3.05. The molecule has 0 fully saturated rings. The second-order valence-electron chi connectivity index (χ2n) is 2.62. The zero-order valence-electron chi connectivity index (χ0n) is 8.19. The quantitative estimate of drug-likeness (QED) is 0.441. The van der Waals surface area contributed by atoms with E-state index >= 15 is 0 Å². The summed E-state index contributed by atoms with van der Waals surface area (Å²) in [4.78, 5) is 24.2. The molecule has 0 saturated heterocycles. The fourth-order valence-corrected chi connectivity index (χ4v) is 0.949. The van der Waals surface area contributed by atoms with Gasteiger partial charge >= 0.3 is 5.69 Å². The van der Waals surface area contributed by atoms with Crippen molar-refractivity contribution in [2.24, 2.45) is 5.16 Å². The summed E-state index contributed by atoms with van der Waals surface area (Å²) in [6.07, 6.45) is 1.30. The molecule has 0 aromatic heterocycles. The Labute approximate surface area is 89.4 Å². The van der Waals surface area contributed by atoms with Gasteiger partial charge in [0, 0.05) is 12.3 Å².